The molecule has 186 valence electrons. The number of hydrogen-bond acceptors (Lipinski definition) is 7. The number of carboxylic acids is 2. The molecule has 4 N–H and O–H groups in total. The first-order valence-corrected chi connectivity index (χ1v) is 10.0. The second-order valence-electron chi connectivity index (χ2n) is 6.59. The van der Waals surface area contributed by atoms with E-state index in [1.807, 2.05) is 23.9 Å². The molecular weight excluding hydrogens is 484 g/mol. The quantitative estimate of drug-likeness (QED) is 0.539. The van der Waals surface area contributed by atoms with Gasteiger partial charge in [0.15, 0.2) is 5.13 Å². The third-order valence-corrected chi connectivity index (χ3v) is 5.02. The molecule has 0 aromatic carbocycles. The van der Waals surface area contributed by atoms with Crippen LogP contribution in [0.5, 0.6) is 0 Å². The fourth-order valence-corrected chi connectivity index (χ4v) is 3.31. The van der Waals surface area contributed by atoms with Crippen molar-refractivity contribution in [1.82, 2.24) is 19.7 Å². The molecule has 1 aliphatic rings. The SMILES string of the molecule is Cc1nc(N)sc1-c1ccn(CCN2CCCC2)n1.O=C(O)C(F)(F)F.O=C(O)C(F)(F)F. The number of thiazole rings is 1. The molecule has 0 amide bonds. The molecule has 3 heterocycles. The smallest absolute Gasteiger partial charge is 0.475 e. The van der Waals surface area contributed by atoms with E-state index >= 15 is 0 Å². The Bertz CT molecular complexity index is 898. The second kappa shape index (κ2) is 11.8. The molecule has 2 aromatic heterocycles. The Morgan fingerprint density at radius 2 is 1.55 bits per heavy atom. The Morgan fingerprint density at radius 3 is 1.94 bits per heavy atom. The summed E-state index contributed by atoms with van der Waals surface area (Å²) >= 11 is 1.50. The van der Waals surface area contributed by atoms with Gasteiger partial charge in [0.25, 0.3) is 0 Å². The fourth-order valence-electron chi connectivity index (χ4n) is 2.51. The van der Waals surface area contributed by atoms with Crippen LogP contribution in [0.4, 0.5) is 31.5 Å². The van der Waals surface area contributed by atoms with Crippen LogP contribution in [0, 0.1) is 6.92 Å². The number of alkyl halides is 6. The molecule has 0 unspecified atom stereocenters. The summed E-state index contributed by atoms with van der Waals surface area (Å²) in [5.74, 6) is -5.51. The Labute approximate surface area is 187 Å². The molecule has 0 bridgehead atoms. The van der Waals surface area contributed by atoms with Crippen molar-refractivity contribution in [2.75, 3.05) is 25.4 Å². The summed E-state index contributed by atoms with van der Waals surface area (Å²) in [6.45, 7) is 6.49. The topological polar surface area (TPSA) is 135 Å². The highest BCUT2D eigenvalue weighted by atomic mass is 32.1. The monoisotopic (exact) mass is 505 g/mol. The molecular formula is C17H21F6N5O4S. The van der Waals surface area contributed by atoms with Gasteiger partial charge in [-0.1, -0.05) is 11.3 Å². The Hall–Kier alpha value is -2.88. The molecule has 1 aliphatic heterocycles. The van der Waals surface area contributed by atoms with Gasteiger partial charge in [-0.3, -0.25) is 4.68 Å². The predicted octanol–water partition coefficient (Wildman–Crippen LogP) is 3.26. The highest BCUT2D eigenvalue weighted by Crippen LogP contribution is 2.29. The zero-order valence-electron chi connectivity index (χ0n) is 17.2. The van der Waals surface area contributed by atoms with E-state index in [1.54, 1.807) is 0 Å². The number of halogens is 6. The zero-order valence-corrected chi connectivity index (χ0v) is 18.0. The van der Waals surface area contributed by atoms with Crippen LogP contribution in [0.15, 0.2) is 12.3 Å². The molecule has 1 fully saturated rings. The average molecular weight is 505 g/mol. The van der Waals surface area contributed by atoms with Crippen molar-refractivity contribution in [2.45, 2.75) is 38.7 Å². The summed E-state index contributed by atoms with van der Waals surface area (Å²) in [7, 11) is 0. The van der Waals surface area contributed by atoms with Crippen molar-refractivity contribution in [3.05, 3.63) is 18.0 Å². The van der Waals surface area contributed by atoms with Crippen LogP contribution in [0.1, 0.15) is 18.5 Å². The Balaban J connectivity index is 0.000000324. The minimum atomic E-state index is -5.08. The van der Waals surface area contributed by atoms with Gasteiger partial charge in [0.1, 0.15) is 5.69 Å². The molecule has 1 saturated heterocycles. The van der Waals surface area contributed by atoms with Crippen molar-refractivity contribution >= 4 is 28.4 Å². The summed E-state index contributed by atoms with van der Waals surface area (Å²) in [5.41, 5.74) is 7.68. The van der Waals surface area contributed by atoms with Crippen molar-refractivity contribution < 1.29 is 46.1 Å². The van der Waals surface area contributed by atoms with Gasteiger partial charge in [-0.05, 0) is 38.9 Å². The standard InChI is InChI=1S/C13H19N5S.2C2HF3O2/c1-10-12(19-13(14)15-10)11-4-7-18(16-11)9-8-17-5-2-3-6-17;2*3-2(4,5)1(6)7/h4,7H,2-3,5-6,8-9H2,1H3,(H2,14,15);2*(H,6,7). The van der Waals surface area contributed by atoms with Gasteiger partial charge in [0.05, 0.1) is 17.1 Å². The zero-order chi connectivity index (χ0) is 25.4. The summed E-state index contributed by atoms with van der Waals surface area (Å²) in [6, 6.07) is 2.05. The first kappa shape index (κ1) is 28.2. The maximum atomic E-state index is 10.6. The van der Waals surface area contributed by atoms with E-state index < -0.39 is 24.3 Å². The average Bonchev–Trinajstić information content (AvgIpc) is 3.40. The van der Waals surface area contributed by atoms with Crippen LogP contribution in [-0.2, 0) is 16.1 Å². The Kier molecular flexibility index (Phi) is 10.1. The number of nitrogen functional groups attached to an aromatic ring is 1. The van der Waals surface area contributed by atoms with Crippen molar-refractivity contribution in [1.29, 1.82) is 0 Å². The number of rotatable bonds is 4. The third-order valence-electron chi connectivity index (χ3n) is 4.02. The molecule has 0 atom stereocenters. The molecule has 3 rings (SSSR count). The molecule has 0 aliphatic carbocycles. The molecule has 2 aromatic rings. The van der Waals surface area contributed by atoms with Crippen LogP contribution in [-0.4, -0.2) is 73.8 Å². The lowest BCUT2D eigenvalue weighted by Gasteiger charge is -2.13. The largest absolute Gasteiger partial charge is 0.490 e. The van der Waals surface area contributed by atoms with E-state index in [2.05, 4.69) is 15.0 Å². The van der Waals surface area contributed by atoms with Crippen LogP contribution in [0.2, 0.25) is 0 Å². The van der Waals surface area contributed by atoms with Crippen LogP contribution in [0.3, 0.4) is 0 Å². The lowest BCUT2D eigenvalue weighted by atomic mass is 10.3. The number of carbonyl (C=O) groups is 2. The molecule has 0 radical (unpaired) electrons. The van der Waals surface area contributed by atoms with Crippen molar-refractivity contribution in [2.24, 2.45) is 0 Å². The number of likely N-dealkylation sites (tertiary alicyclic amines) is 1. The predicted molar refractivity (Wildman–Crippen MR) is 106 cm³/mol. The number of aromatic nitrogens is 3. The van der Waals surface area contributed by atoms with Gasteiger partial charge in [0, 0.05) is 12.7 Å². The van der Waals surface area contributed by atoms with Crippen LogP contribution >= 0.6 is 11.3 Å². The highest BCUT2D eigenvalue weighted by molar-refractivity contribution is 7.18. The summed E-state index contributed by atoms with van der Waals surface area (Å²) < 4.78 is 65.5. The number of nitrogens with two attached hydrogens (primary N) is 1. The summed E-state index contributed by atoms with van der Waals surface area (Å²) in [6.07, 6.45) is -5.45. The minimum Gasteiger partial charge on any atom is -0.475 e. The Morgan fingerprint density at radius 1 is 1.06 bits per heavy atom. The maximum Gasteiger partial charge on any atom is 0.490 e. The fraction of sp³-hybridized carbons (Fsp3) is 0.529. The van der Waals surface area contributed by atoms with Gasteiger partial charge in [-0.25, -0.2) is 14.6 Å². The number of aliphatic carboxylic acids is 2. The van der Waals surface area contributed by atoms with Gasteiger partial charge in [-0.15, -0.1) is 0 Å². The van der Waals surface area contributed by atoms with E-state index in [0.717, 1.165) is 29.4 Å². The van der Waals surface area contributed by atoms with E-state index in [4.69, 9.17) is 25.5 Å². The van der Waals surface area contributed by atoms with Crippen molar-refractivity contribution in [3.8, 4) is 10.6 Å². The first-order valence-electron chi connectivity index (χ1n) is 9.20. The summed E-state index contributed by atoms with van der Waals surface area (Å²) in [4.78, 5) is 25.6. The number of hydrogen-bond donors (Lipinski definition) is 3. The molecule has 0 saturated carbocycles. The van der Waals surface area contributed by atoms with Crippen molar-refractivity contribution in [3.63, 3.8) is 0 Å². The van der Waals surface area contributed by atoms with E-state index in [1.165, 1.54) is 37.3 Å². The normalized spacial score (nSPS) is 14.2. The lowest BCUT2D eigenvalue weighted by molar-refractivity contribution is -0.193. The van der Waals surface area contributed by atoms with E-state index in [9.17, 15) is 26.3 Å². The number of anilines is 1. The highest BCUT2D eigenvalue weighted by Gasteiger charge is 2.38. The van der Waals surface area contributed by atoms with E-state index in [0.29, 0.717) is 5.13 Å². The lowest BCUT2D eigenvalue weighted by Crippen LogP contribution is -2.24. The van der Waals surface area contributed by atoms with Gasteiger partial charge >= 0.3 is 24.3 Å². The second-order valence-corrected chi connectivity index (χ2v) is 7.62. The number of nitrogens with zero attached hydrogens (tertiary/aromatic N) is 4. The van der Waals surface area contributed by atoms with Crippen LogP contribution in [0.25, 0.3) is 10.6 Å². The van der Waals surface area contributed by atoms with Gasteiger partial charge in [-0.2, -0.15) is 31.4 Å². The van der Waals surface area contributed by atoms with E-state index in [-0.39, 0.29) is 0 Å². The third kappa shape index (κ3) is 10.1. The minimum absolute atomic E-state index is 0.610. The maximum absolute atomic E-state index is 10.6. The molecule has 33 heavy (non-hydrogen) atoms. The van der Waals surface area contributed by atoms with Gasteiger partial charge < -0.3 is 20.8 Å². The van der Waals surface area contributed by atoms with Gasteiger partial charge in [0.2, 0.25) is 0 Å². The first-order chi connectivity index (χ1) is 15.1. The molecule has 0 spiro atoms. The number of aryl methyl sites for hydroxylation is 1. The van der Waals surface area contributed by atoms with Crippen LogP contribution < -0.4 is 5.73 Å². The number of carboxylic acid groups (broad SMARTS) is 2. The molecule has 16 heteroatoms. The molecule has 9 nitrogen and oxygen atoms in total. The summed E-state index contributed by atoms with van der Waals surface area (Å²) in [5, 5.41) is 19.5.